The monoisotopic (exact) mass is 1130 g/mol. The second-order valence-corrected chi connectivity index (χ2v) is 24.0. The number of hydrogen-bond donors (Lipinski definition) is 8. The van der Waals surface area contributed by atoms with Gasteiger partial charge in [0.25, 0.3) is 5.91 Å². The minimum Gasteiger partial charge on any atom is -0.381 e. The molecule has 438 valence electrons. The van der Waals surface area contributed by atoms with E-state index in [-0.39, 0.29) is 79.4 Å². The van der Waals surface area contributed by atoms with Crippen LogP contribution in [-0.4, -0.2) is 114 Å². The topological polar surface area (TPSA) is 222 Å². The number of likely N-dealkylation sites (tertiary alicyclic amines) is 1. The molecule has 83 heavy (non-hydrogen) atoms. The average molecular weight is 1130 g/mol. The van der Waals surface area contributed by atoms with Crippen molar-refractivity contribution in [1.29, 1.82) is 0 Å². The van der Waals surface area contributed by atoms with Crippen LogP contribution in [0.15, 0.2) is 121 Å². The summed E-state index contributed by atoms with van der Waals surface area (Å²) in [5.41, 5.74) is 8.85. The Hall–Kier alpha value is -7.89. The SMILES string of the molecule is CN[C@@H](C)C(=O)N[C@@H](Cc1ccc(NCc2ccc(C(=O)N[C@H]3C[C@@H](C(=O)N[C@@H]4CCCc5ccccc54)N(C(=O)[C@@H](NC(=O)[C@H](C)NC)C(C)(C)C)C3)cc2)cc1)C(=O)N1Cc2ccccc2C[C@H]1C(=O)N[C@@H]1CCCc2ccccc21. The summed E-state index contributed by atoms with van der Waals surface area (Å²) in [5, 5.41) is 25.0. The largest absolute Gasteiger partial charge is 0.381 e. The van der Waals surface area contributed by atoms with Gasteiger partial charge in [0.2, 0.25) is 35.4 Å². The van der Waals surface area contributed by atoms with Gasteiger partial charge in [-0.3, -0.25) is 33.6 Å². The summed E-state index contributed by atoms with van der Waals surface area (Å²) >= 11 is 0. The van der Waals surface area contributed by atoms with Crippen molar-refractivity contribution in [1.82, 2.24) is 47.0 Å². The van der Waals surface area contributed by atoms with Crippen molar-refractivity contribution in [2.45, 2.75) is 160 Å². The van der Waals surface area contributed by atoms with Crippen molar-refractivity contribution in [3.8, 4) is 0 Å². The first-order chi connectivity index (χ1) is 39.9. The molecule has 2 aliphatic heterocycles. The van der Waals surface area contributed by atoms with E-state index in [9.17, 15) is 33.6 Å². The lowest BCUT2D eigenvalue weighted by molar-refractivity contribution is -0.145. The Labute approximate surface area is 488 Å². The number of carbonyl (C=O) groups excluding carboxylic acids is 7. The molecule has 0 bridgehead atoms. The van der Waals surface area contributed by atoms with Crippen LogP contribution in [0.25, 0.3) is 0 Å². The normalized spacial score (nSPS) is 20.6. The van der Waals surface area contributed by atoms with Gasteiger partial charge in [0.15, 0.2) is 0 Å². The molecule has 17 heteroatoms. The fraction of sp³-hybridized carbons (Fsp3) is 0.439. The van der Waals surface area contributed by atoms with Crippen molar-refractivity contribution in [3.63, 3.8) is 0 Å². The Bertz CT molecular complexity index is 3160. The molecule has 9 rings (SSSR count). The molecule has 0 radical (unpaired) electrons. The lowest BCUT2D eigenvalue weighted by Gasteiger charge is -2.39. The molecule has 5 aromatic rings. The molecule has 5 aromatic carbocycles. The van der Waals surface area contributed by atoms with Crippen molar-refractivity contribution < 1.29 is 33.6 Å². The third-order valence-electron chi connectivity index (χ3n) is 17.2. The lowest BCUT2D eigenvalue weighted by atomic mass is 9.85. The average Bonchev–Trinajstić information content (AvgIpc) is 3.99. The fourth-order valence-corrected chi connectivity index (χ4v) is 12.0. The number of benzene rings is 5. The number of fused-ring (bicyclic) bond motifs is 3. The van der Waals surface area contributed by atoms with Gasteiger partial charge in [-0.25, -0.2) is 0 Å². The van der Waals surface area contributed by atoms with E-state index in [4.69, 9.17) is 0 Å². The Morgan fingerprint density at radius 1 is 0.578 bits per heavy atom. The predicted octanol–water partition coefficient (Wildman–Crippen LogP) is 6.11. The first-order valence-electron chi connectivity index (χ1n) is 29.5. The number of aryl methyl sites for hydroxylation is 2. The maximum absolute atomic E-state index is 14.9. The Balaban J connectivity index is 0.844. The predicted molar refractivity (Wildman–Crippen MR) is 321 cm³/mol. The number of nitrogens with one attached hydrogen (secondary N) is 8. The molecule has 2 heterocycles. The van der Waals surface area contributed by atoms with E-state index in [1.54, 1.807) is 45.0 Å². The highest BCUT2D eigenvalue weighted by Crippen LogP contribution is 2.34. The van der Waals surface area contributed by atoms with Gasteiger partial charge in [0.05, 0.1) is 24.2 Å². The third kappa shape index (κ3) is 14.3. The quantitative estimate of drug-likeness (QED) is 0.0474. The number of rotatable bonds is 19. The van der Waals surface area contributed by atoms with Gasteiger partial charge in [-0.15, -0.1) is 0 Å². The number of hydrogen-bond acceptors (Lipinski definition) is 10. The number of nitrogens with zero attached hydrogens (tertiary/aromatic N) is 2. The molecule has 17 nitrogen and oxygen atoms in total. The van der Waals surface area contributed by atoms with Crippen LogP contribution in [0, 0.1) is 5.41 Å². The van der Waals surface area contributed by atoms with E-state index in [0.29, 0.717) is 18.5 Å². The van der Waals surface area contributed by atoms with Crippen LogP contribution in [0.2, 0.25) is 0 Å². The molecule has 8 N–H and O–H groups in total. The van der Waals surface area contributed by atoms with E-state index in [2.05, 4.69) is 60.7 Å². The van der Waals surface area contributed by atoms with Crippen LogP contribution < -0.4 is 42.5 Å². The summed E-state index contributed by atoms with van der Waals surface area (Å²) < 4.78 is 0. The Kier molecular flexibility index (Phi) is 19.1. The van der Waals surface area contributed by atoms with Gasteiger partial charge in [0, 0.05) is 49.8 Å². The van der Waals surface area contributed by atoms with E-state index in [0.717, 1.165) is 77.6 Å². The first kappa shape index (κ1) is 59.7. The van der Waals surface area contributed by atoms with E-state index in [1.165, 1.54) is 16.0 Å². The molecular formula is C66H82N10O7. The number of anilines is 1. The van der Waals surface area contributed by atoms with Crippen LogP contribution in [-0.2, 0) is 67.5 Å². The number of amides is 7. The Morgan fingerprint density at radius 2 is 1.11 bits per heavy atom. The zero-order valence-electron chi connectivity index (χ0n) is 49.0. The Morgan fingerprint density at radius 3 is 1.69 bits per heavy atom. The van der Waals surface area contributed by atoms with Gasteiger partial charge >= 0.3 is 0 Å². The minimum absolute atomic E-state index is 0.0824. The molecule has 9 atom stereocenters. The molecule has 0 saturated carbocycles. The molecule has 7 amide bonds. The van der Waals surface area contributed by atoms with Crippen molar-refractivity contribution in [2.24, 2.45) is 5.41 Å². The highest BCUT2D eigenvalue weighted by Gasteiger charge is 2.46. The maximum atomic E-state index is 14.9. The van der Waals surface area contributed by atoms with E-state index in [1.807, 2.05) is 112 Å². The summed E-state index contributed by atoms with van der Waals surface area (Å²) in [4.78, 5) is 102. The third-order valence-corrected chi connectivity index (χ3v) is 17.2. The standard InChI is InChI=1S/C66H82N10O7/c1-40(67-6)59(77)73-55(64(82)75-38-48-19-9-8-18-47(48)35-56(75)62(80)71-53-24-14-20-44-16-10-12-22-51(44)53)34-42-28-32-49(33-29-42)69-37-43-26-30-46(31-27-43)61(79)70-50-36-57(63(81)72-54-25-15-21-45-17-11-13-23-52(45)54)76(39-50)65(83)58(66(3,4)5)74-60(78)41(2)68-7/h8-13,16-19,22-23,26-33,40-41,50,53-58,67-69H,14-15,20-21,24-25,34-39H2,1-7H3,(H,70,79)(H,71,80)(H,72,81)(H,73,77)(H,74,78)/t40-,41-,50-,53+,54+,55-,56-,57-,58+/m0/s1. The van der Waals surface area contributed by atoms with Crippen molar-refractivity contribution in [2.75, 3.05) is 26.0 Å². The lowest BCUT2D eigenvalue weighted by Crippen LogP contribution is -2.59. The maximum Gasteiger partial charge on any atom is 0.251 e. The molecule has 0 spiro atoms. The molecule has 4 aliphatic rings. The van der Waals surface area contributed by atoms with Gasteiger partial charge in [-0.1, -0.05) is 118 Å². The van der Waals surface area contributed by atoms with Gasteiger partial charge in [0.1, 0.15) is 24.2 Å². The summed E-state index contributed by atoms with van der Waals surface area (Å²) in [6.07, 6.45) is 6.08. The number of carbonyl (C=O) groups is 7. The van der Waals surface area contributed by atoms with Crippen LogP contribution in [0.1, 0.15) is 134 Å². The summed E-state index contributed by atoms with van der Waals surface area (Å²) in [6.45, 7) is 9.83. The molecule has 2 aliphatic carbocycles. The first-order valence-corrected chi connectivity index (χ1v) is 29.5. The number of likely N-dealkylation sites (N-methyl/N-ethyl adjacent to an activating group) is 2. The zero-order chi connectivity index (χ0) is 59.0. The molecule has 1 saturated heterocycles. The van der Waals surface area contributed by atoms with Crippen LogP contribution in [0.3, 0.4) is 0 Å². The smallest absolute Gasteiger partial charge is 0.251 e. The summed E-state index contributed by atoms with van der Waals surface area (Å²) in [6, 6.07) is 33.5. The zero-order valence-corrected chi connectivity index (χ0v) is 49.0. The highest BCUT2D eigenvalue weighted by atomic mass is 16.2. The fourth-order valence-electron chi connectivity index (χ4n) is 12.0. The van der Waals surface area contributed by atoms with Crippen LogP contribution in [0.5, 0.6) is 0 Å². The highest BCUT2D eigenvalue weighted by molar-refractivity contribution is 5.97. The van der Waals surface area contributed by atoms with Crippen molar-refractivity contribution >= 4 is 47.0 Å². The molecule has 1 fully saturated rings. The van der Waals surface area contributed by atoms with Gasteiger partial charge in [-0.05, 0) is 147 Å². The van der Waals surface area contributed by atoms with Gasteiger partial charge in [-0.2, -0.15) is 0 Å². The molecular weight excluding hydrogens is 1040 g/mol. The summed E-state index contributed by atoms with van der Waals surface area (Å²) in [7, 11) is 3.36. The second-order valence-electron chi connectivity index (χ2n) is 24.0. The van der Waals surface area contributed by atoms with Crippen molar-refractivity contribution in [3.05, 3.63) is 171 Å². The van der Waals surface area contributed by atoms with Crippen LogP contribution in [0.4, 0.5) is 5.69 Å². The van der Waals surface area contributed by atoms with Gasteiger partial charge < -0.3 is 52.3 Å². The minimum atomic E-state index is -0.961. The van der Waals surface area contributed by atoms with E-state index >= 15 is 0 Å². The van der Waals surface area contributed by atoms with E-state index < -0.39 is 47.7 Å². The van der Waals surface area contributed by atoms with Crippen LogP contribution >= 0.6 is 0 Å². The summed E-state index contributed by atoms with van der Waals surface area (Å²) in [5.74, 6) is -2.24. The second kappa shape index (κ2) is 26.6. The molecule has 0 unspecified atom stereocenters. The molecule has 0 aromatic heterocycles.